The fourth-order valence-electron chi connectivity index (χ4n) is 1.81. The van der Waals surface area contributed by atoms with Gasteiger partial charge in [-0.25, -0.2) is 10.2 Å². The van der Waals surface area contributed by atoms with Crippen LogP contribution in [0.2, 0.25) is 0 Å². The molecule has 2 N–H and O–H groups in total. The molecular weight excluding hydrogens is 252 g/mol. The Morgan fingerprint density at radius 3 is 2.65 bits per heavy atom. The fourth-order valence-corrected chi connectivity index (χ4v) is 1.81. The lowest BCUT2D eigenvalue weighted by Gasteiger charge is -2.21. The molecule has 1 unspecified atom stereocenters. The summed E-state index contributed by atoms with van der Waals surface area (Å²) < 4.78 is 5.15. The van der Waals surface area contributed by atoms with Gasteiger partial charge in [-0.05, 0) is 53.0 Å². The van der Waals surface area contributed by atoms with Crippen LogP contribution in [0.25, 0.3) is 0 Å². The molecule has 1 amide bonds. The third kappa shape index (κ3) is 7.14. The van der Waals surface area contributed by atoms with E-state index in [4.69, 9.17) is 4.74 Å². The summed E-state index contributed by atoms with van der Waals surface area (Å²) in [5.41, 5.74) is 7.65. The number of hydrazine groups is 1. The zero-order chi connectivity index (χ0) is 15.2. The van der Waals surface area contributed by atoms with E-state index in [1.807, 2.05) is 27.7 Å². The van der Waals surface area contributed by atoms with Gasteiger partial charge >= 0.3 is 6.09 Å². The highest BCUT2D eigenvalue weighted by atomic mass is 16.6. The molecule has 0 aromatic heterocycles. The summed E-state index contributed by atoms with van der Waals surface area (Å²) in [6.07, 6.45) is 1.48. The molecule has 1 aromatic rings. The van der Waals surface area contributed by atoms with Crippen molar-refractivity contribution in [2.24, 2.45) is 0 Å². The third-order valence-electron chi connectivity index (χ3n) is 2.77. The number of benzene rings is 1. The lowest BCUT2D eigenvalue weighted by molar-refractivity contribution is 0.0488. The molecule has 4 heteroatoms. The van der Waals surface area contributed by atoms with E-state index in [0.29, 0.717) is 0 Å². The SMILES string of the molecule is Cc1cccc(CCC(C)NNC(=O)OC(C)(C)C)c1. The van der Waals surface area contributed by atoms with Crippen LogP contribution in [0.5, 0.6) is 0 Å². The summed E-state index contributed by atoms with van der Waals surface area (Å²) in [7, 11) is 0. The third-order valence-corrected chi connectivity index (χ3v) is 2.77. The van der Waals surface area contributed by atoms with Crippen molar-refractivity contribution in [3.8, 4) is 0 Å². The number of rotatable bonds is 5. The van der Waals surface area contributed by atoms with Crippen molar-refractivity contribution in [1.29, 1.82) is 0 Å². The van der Waals surface area contributed by atoms with Gasteiger partial charge in [0, 0.05) is 6.04 Å². The minimum Gasteiger partial charge on any atom is -0.443 e. The van der Waals surface area contributed by atoms with Crippen molar-refractivity contribution in [1.82, 2.24) is 10.9 Å². The van der Waals surface area contributed by atoms with E-state index in [1.54, 1.807) is 0 Å². The van der Waals surface area contributed by atoms with E-state index in [1.165, 1.54) is 11.1 Å². The van der Waals surface area contributed by atoms with Crippen molar-refractivity contribution in [3.05, 3.63) is 35.4 Å². The maximum atomic E-state index is 11.5. The van der Waals surface area contributed by atoms with Gasteiger partial charge < -0.3 is 4.74 Å². The molecule has 0 saturated heterocycles. The van der Waals surface area contributed by atoms with Gasteiger partial charge in [0.1, 0.15) is 5.60 Å². The second-order valence-electron chi connectivity index (χ2n) is 6.20. The number of ether oxygens (including phenoxy) is 1. The van der Waals surface area contributed by atoms with Gasteiger partial charge in [-0.1, -0.05) is 29.8 Å². The Labute approximate surface area is 121 Å². The molecule has 0 aliphatic rings. The molecule has 1 aromatic carbocycles. The number of hydrogen-bond acceptors (Lipinski definition) is 3. The Morgan fingerprint density at radius 2 is 2.05 bits per heavy atom. The van der Waals surface area contributed by atoms with Crippen molar-refractivity contribution in [3.63, 3.8) is 0 Å². The predicted octanol–water partition coefficient (Wildman–Crippen LogP) is 3.35. The van der Waals surface area contributed by atoms with Crippen LogP contribution in [0.15, 0.2) is 24.3 Å². The van der Waals surface area contributed by atoms with Crippen LogP contribution >= 0.6 is 0 Å². The molecule has 20 heavy (non-hydrogen) atoms. The van der Waals surface area contributed by atoms with Crippen LogP contribution in [-0.4, -0.2) is 17.7 Å². The first-order valence-corrected chi connectivity index (χ1v) is 7.06. The summed E-state index contributed by atoms with van der Waals surface area (Å²) in [6, 6.07) is 8.66. The molecule has 112 valence electrons. The molecule has 1 rings (SSSR count). The average molecular weight is 278 g/mol. The van der Waals surface area contributed by atoms with E-state index in [0.717, 1.165) is 12.8 Å². The maximum Gasteiger partial charge on any atom is 0.422 e. The summed E-state index contributed by atoms with van der Waals surface area (Å²) >= 11 is 0. The topological polar surface area (TPSA) is 50.4 Å². The van der Waals surface area contributed by atoms with Crippen molar-refractivity contribution in [2.75, 3.05) is 0 Å². The summed E-state index contributed by atoms with van der Waals surface area (Å²) in [5.74, 6) is 0. The lowest BCUT2D eigenvalue weighted by Crippen LogP contribution is -2.45. The van der Waals surface area contributed by atoms with Gasteiger partial charge in [0.2, 0.25) is 0 Å². The number of hydrogen-bond donors (Lipinski definition) is 2. The average Bonchev–Trinajstić information content (AvgIpc) is 2.32. The van der Waals surface area contributed by atoms with Crippen molar-refractivity contribution >= 4 is 6.09 Å². The first-order valence-electron chi connectivity index (χ1n) is 7.06. The normalized spacial score (nSPS) is 12.8. The zero-order valence-electron chi connectivity index (χ0n) is 13.1. The minimum absolute atomic E-state index is 0.183. The fraction of sp³-hybridized carbons (Fsp3) is 0.562. The van der Waals surface area contributed by atoms with Crippen molar-refractivity contribution in [2.45, 2.75) is 59.1 Å². The Bertz CT molecular complexity index is 438. The van der Waals surface area contributed by atoms with E-state index < -0.39 is 11.7 Å². The second kappa shape index (κ2) is 7.29. The number of carbonyl (C=O) groups excluding carboxylic acids is 1. The highest BCUT2D eigenvalue weighted by Gasteiger charge is 2.16. The Kier molecular flexibility index (Phi) is 6.02. The largest absolute Gasteiger partial charge is 0.443 e. The quantitative estimate of drug-likeness (QED) is 0.812. The van der Waals surface area contributed by atoms with Crippen LogP contribution < -0.4 is 10.9 Å². The van der Waals surface area contributed by atoms with E-state index >= 15 is 0 Å². The predicted molar refractivity (Wildman–Crippen MR) is 81.5 cm³/mol. The molecule has 0 aliphatic carbocycles. The van der Waals surface area contributed by atoms with Gasteiger partial charge in [0.25, 0.3) is 0 Å². The monoisotopic (exact) mass is 278 g/mol. The number of amides is 1. The van der Waals surface area contributed by atoms with Crippen LogP contribution in [0.1, 0.15) is 45.2 Å². The molecular formula is C16H26N2O2. The van der Waals surface area contributed by atoms with Gasteiger partial charge in [-0.3, -0.25) is 5.43 Å². The molecule has 4 nitrogen and oxygen atoms in total. The summed E-state index contributed by atoms with van der Waals surface area (Å²) in [6.45, 7) is 9.65. The van der Waals surface area contributed by atoms with E-state index in [-0.39, 0.29) is 6.04 Å². The van der Waals surface area contributed by atoms with Crippen LogP contribution in [-0.2, 0) is 11.2 Å². The molecule has 0 aliphatic heterocycles. The Balaban J connectivity index is 2.27. The number of nitrogens with one attached hydrogen (secondary N) is 2. The standard InChI is InChI=1S/C16H26N2O2/c1-12-7-6-8-14(11-12)10-9-13(2)17-18-15(19)20-16(3,4)5/h6-8,11,13,17H,9-10H2,1-5H3,(H,18,19). The van der Waals surface area contributed by atoms with Gasteiger partial charge in [-0.15, -0.1) is 0 Å². The summed E-state index contributed by atoms with van der Waals surface area (Å²) in [5, 5.41) is 0. The van der Waals surface area contributed by atoms with Crippen LogP contribution in [0.3, 0.4) is 0 Å². The number of carbonyl (C=O) groups is 1. The Hall–Kier alpha value is -1.55. The van der Waals surface area contributed by atoms with Gasteiger partial charge in [0.05, 0.1) is 0 Å². The molecule has 0 saturated carbocycles. The van der Waals surface area contributed by atoms with Gasteiger partial charge in [-0.2, -0.15) is 0 Å². The highest BCUT2D eigenvalue weighted by Crippen LogP contribution is 2.08. The van der Waals surface area contributed by atoms with E-state index in [2.05, 4.69) is 42.0 Å². The zero-order valence-corrected chi connectivity index (χ0v) is 13.1. The van der Waals surface area contributed by atoms with Gasteiger partial charge in [0.15, 0.2) is 0 Å². The van der Waals surface area contributed by atoms with E-state index in [9.17, 15) is 4.79 Å². The minimum atomic E-state index is -0.476. The first-order chi connectivity index (χ1) is 9.26. The Morgan fingerprint density at radius 1 is 1.35 bits per heavy atom. The maximum absolute atomic E-state index is 11.5. The molecule has 0 bridgehead atoms. The molecule has 1 atom stereocenters. The molecule has 0 fully saturated rings. The highest BCUT2D eigenvalue weighted by molar-refractivity contribution is 5.67. The van der Waals surface area contributed by atoms with Crippen molar-refractivity contribution < 1.29 is 9.53 Å². The van der Waals surface area contributed by atoms with Crippen LogP contribution in [0, 0.1) is 6.92 Å². The lowest BCUT2D eigenvalue weighted by atomic mass is 10.0. The summed E-state index contributed by atoms with van der Waals surface area (Å²) in [4.78, 5) is 11.5. The molecule has 0 spiro atoms. The second-order valence-corrected chi connectivity index (χ2v) is 6.20. The first kappa shape index (κ1) is 16.5. The smallest absolute Gasteiger partial charge is 0.422 e. The van der Waals surface area contributed by atoms with Crippen LogP contribution in [0.4, 0.5) is 4.79 Å². The molecule has 0 radical (unpaired) electrons. The molecule has 0 heterocycles. The number of aryl methyl sites for hydroxylation is 2.